The third-order valence-corrected chi connectivity index (χ3v) is 3.55. The summed E-state index contributed by atoms with van der Waals surface area (Å²) in [7, 11) is 5.66. The van der Waals surface area contributed by atoms with E-state index in [2.05, 4.69) is 24.3 Å². The highest BCUT2D eigenvalue weighted by Crippen LogP contribution is 2.28. The number of nitrogens with zero attached hydrogens (tertiary/aromatic N) is 1. The average Bonchev–Trinajstić information content (AvgIpc) is 2.34. The molecule has 0 aromatic carbocycles. The first kappa shape index (κ1) is 14.5. The summed E-state index contributed by atoms with van der Waals surface area (Å²) < 4.78 is 4.79. The summed E-state index contributed by atoms with van der Waals surface area (Å²) in [6.45, 7) is 3.21. The minimum atomic E-state index is -0.0241. The van der Waals surface area contributed by atoms with E-state index >= 15 is 0 Å². The maximum absolute atomic E-state index is 11.4. The Hall–Kier alpha value is -0.610. The van der Waals surface area contributed by atoms with E-state index in [4.69, 9.17) is 4.74 Å². The van der Waals surface area contributed by atoms with Gasteiger partial charge in [-0.15, -0.1) is 0 Å². The molecule has 1 fully saturated rings. The second-order valence-electron chi connectivity index (χ2n) is 5.25. The molecular weight excluding hydrogens is 216 g/mol. The number of hydrogen-bond acceptors (Lipinski definition) is 4. The number of nitrogens with one attached hydrogen (secondary N) is 1. The van der Waals surface area contributed by atoms with Crippen LogP contribution >= 0.6 is 0 Å². The smallest absolute Gasteiger partial charge is 0.308 e. The van der Waals surface area contributed by atoms with Crippen LogP contribution in [0, 0.1) is 11.8 Å². The van der Waals surface area contributed by atoms with Gasteiger partial charge < -0.3 is 15.0 Å². The van der Waals surface area contributed by atoms with Gasteiger partial charge in [-0.1, -0.05) is 0 Å². The van der Waals surface area contributed by atoms with E-state index in [0.717, 1.165) is 51.2 Å². The fraction of sp³-hybridized carbons (Fsp3) is 0.923. The Labute approximate surface area is 105 Å². The minimum Gasteiger partial charge on any atom is -0.469 e. The number of methoxy groups -OCH3 is 1. The van der Waals surface area contributed by atoms with Crippen molar-refractivity contribution < 1.29 is 9.53 Å². The molecule has 1 aliphatic rings. The molecule has 4 heteroatoms. The van der Waals surface area contributed by atoms with Crippen LogP contribution in [0.15, 0.2) is 0 Å². The number of rotatable bonds is 6. The fourth-order valence-corrected chi connectivity index (χ4v) is 2.38. The number of carbonyl (C=O) groups is 1. The van der Waals surface area contributed by atoms with Crippen molar-refractivity contribution in [2.45, 2.75) is 25.7 Å². The van der Waals surface area contributed by atoms with Gasteiger partial charge in [0.15, 0.2) is 0 Å². The summed E-state index contributed by atoms with van der Waals surface area (Å²) in [4.78, 5) is 13.5. The van der Waals surface area contributed by atoms with E-state index in [1.165, 1.54) is 7.11 Å². The van der Waals surface area contributed by atoms with Gasteiger partial charge in [-0.05, 0) is 52.2 Å². The quantitative estimate of drug-likeness (QED) is 0.560. The Kier molecular flexibility index (Phi) is 6.52. The molecule has 0 atom stereocenters. The van der Waals surface area contributed by atoms with Crippen molar-refractivity contribution in [2.75, 3.05) is 40.8 Å². The lowest BCUT2D eigenvalue weighted by Crippen LogP contribution is -2.32. The zero-order valence-corrected chi connectivity index (χ0v) is 11.4. The largest absolute Gasteiger partial charge is 0.469 e. The van der Waals surface area contributed by atoms with E-state index < -0.39 is 0 Å². The molecule has 0 saturated heterocycles. The Morgan fingerprint density at radius 3 is 2.47 bits per heavy atom. The number of esters is 1. The van der Waals surface area contributed by atoms with Crippen LogP contribution in [0.2, 0.25) is 0 Å². The van der Waals surface area contributed by atoms with E-state index in [1.807, 2.05) is 0 Å². The monoisotopic (exact) mass is 242 g/mol. The maximum Gasteiger partial charge on any atom is 0.308 e. The Bertz CT molecular complexity index is 223. The van der Waals surface area contributed by atoms with Crippen molar-refractivity contribution >= 4 is 5.97 Å². The molecule has 1 aliphatic carbocycles. The van der Waals surface area contributed by atoms with E-state index in [0.29, 0.717) is 0 Å². The molecule has 0 radical (unpaired) electrons. The van der Waals surface area contributed by atoms with Crippen LogP contribution in [-0.2, 0) is 9.53 Å². The highest BCUT2D eigenvalue weighted by Gasteiger charge is 2.26. The third-order valence-electron chi connectivity index (χ3n) is 3.55. The summed E-state index contributed by atoms with van der Waals surface area (Å²) in [6.07, 6.45) is 4.28. The van der Waals surface area contributed by atoms with Crippen molar-refractivity contribution in [1.29, 1.82) is 0 Å². The zero-order valence-electron chi connectivity index (χ0n) is 11.4. The Balaban J connectivity index is 2.09. The Morgan fingerprint density at radius 1 is 1.29 bits per heavy atom. The van der Waals surface area contributed by atoms with Crippen molar-refractivity contribution in [3.63, 3.8) is 0 Å². The van der Waals surface area contributed by atoms with Crippen LogP contribution in [-0.4, -0.2) is 51.7 Å². The van der Waals surface area contributed by atoms with Gasteiger partial charge in [0.1, 0.15) is 0 Å². The highest BCUT2D eigenvalue weighted by molar-refractivity contribution is 5.72. The molecule has 0 heterocycles. The molecule has 0 bridgehead atoms. The summed E-state index contributed by atoms with van der Waals surface area (Å²) >= 11 is 0. The number of hydrogen-bond donors (Lipinski definition) is 1. The Morgan fingerprint density at radius 2 is 1.94 bits per heavy atom. The van der Waals surface area contributed by atoms with Crippen molar-refractivity contribution in [2.24, 2.45) is 11.8 Å². The average molecular weight is 242 g/mol. The molecule has 0 aromatic rings. The van der Waals surface area contributed by atoms with Gasteiger partial charge in [0.25, 0.3) is 0 Å². The van der Waals surface area contributed by atoms with Crippen LogP contribution in [0.5, 0.6) is 0 Å². The summed E-state index contributed by atoms with van der Waals surface area (Å²) in [6, 6.07) is 0. The molecule has 1 rings (SSSR count). The molecule has 4 nitrogen and oxygen atoms in total. The topological polar surface area (TPSA) is 41.6 Å². The van der Waals surface area contributed by atoms with Crippen molar-refractivity contribution in [3.05, 3.63) is 0 Å². The first-order chi connectivity index (χ1) is 8.13. The highest BCUT2D eigenvalue weighted by atomic mass is 16.5. The molecule has 17 heavy (non-hydrogen) atoms. The molecule has 100 valence electrons. The molecule has 0 spiro atoms. The SMILES string of the molecule is COC(=O)C1CCC(CNCCN(C)C)CC1. The standard InChI is InChI=1S/C13H26N2O2/c1-15(2)9-8-14-10-11-4-6-12(7-5-11)13(16)17-3/h11-12,14H,4-10H2,1-3H3. The second-order valence-corrected chi connectivity index (χ2v) is 5.25. The normalized spacial score (nSPS) is 24.9. The van der Waals surface area contributed by atoms with Crippen molar-refractivity contribution in [3.8, 4) is 0 Å². The maximum atomic E-state index is 11.4. The predicted octanol–water partition coefficient (Wildman–Crippen LogP) is 1.12. The van der Waals surface area contributed by atoms with Gasteiger partial charge in [-0.2, -0.15) is 0 Å². The zero-order chi connectivity index (χ0) is 12.7. The summed E-state index contributed by atoms with van der Waals surface area (Å²) in [5.41, 5.74) is 0. The van der Waals surface area contributed by atoms with E-state index in [-0.39, 0.29) is 11.9 Å². The van der Waals surface area contributed by atoms with Crippen LogP contribution in [0.1, 0.15) is 25.7 Å². The van der Waals surface area contributed by atoms with E-state index in [1.54, 1.807) is 0 Å². The predicted molar refractivity (Wildman–Crippen MR) is 68.9 cm³/mol. The fourth-order valence-electron chi connectivity index (χ4n) is 2.38. The van der Waals surface area contributed by atoms with Crippen LogP contribution in [0.3, 0.4) is 0 Å². The van der Waals surface area contributed by atoms with Gasteiger partial charge in [-0.3, -0.25) is 4.79 Å². The molecule has 0 aliphatic heterocycles. The molecule has 0 aromatic heterocycles. The van der Waals surface area contributed by atoms with Crippen LogP contribution in [0.25, 0.3) is 0 Å². The molecular formula is C13H26N2O2. The molecule has 0 amide bonds. The van der Waals surface area contributed by atoms with Gasteiger partial charge in [-0.25, -0.2) is 0 Å². The summed E-state index contributed by atoms with van der Waals surface area (Å²) in [5, 5.41) is 3.49. The lowest BCUT2D eigenvalue weighted by molar-refractivity contribution is -0.146. The molecule has 1 saturated carbocycles. The number of ether oxygens (including phenoxy) is 1. The molecule has 0 unspecified atom stereocenters. The van der Waals surface area contributed by atoms with Gasteiger partial charge in [0, 0.05) is 13.1 Å². The van der Waals surface area contributed by atoms with Gasteiger partial charge in [0.05, 0.1) is 13.0 Å². The van der Waals surface area contributed by atoms with Gasteiger partial charge >= 0.3 is 5.97 Å². The summed E-state index contributed by atoms with van der Waals surface area (Å²) in [5.74, 6) is 0.861. The first-order valence-corrected chi connectivity index (χ1v) is 6.56. The van der Waals surface area contributed by atoms with Crippen LogP contribution < -0.4 is 5.32 Å². The van der Waals surface area contributed by atoms with Crippen molar-refractivity contribution in [1.82, 2.24) is 10.2 Å². The minimum absolute atomic E-state index is 0.0241. The lowest BCUT2D eigenvalue weighted by Gasteiger charge is -2.27. The van der Waals surface area contributed by atoms with E-state index in [9.17, 15) is 4.79 Å². The third kappa shape index (κ3) is 5.50. The number of carbonyl (C=O) groups excluding carboxylic acids is 1. The van der Waals surface area contributed by atoms with Gasteiger partial charge in [0.2, 0.25) is 0 Å². The number of likely N-dealkylation sites (N-methyl/N-ethyl adjacent to an activating group) is 1. The molecule has 1 N–H and O–H groups in total. The lowest BCUT2D eigenvalue weighted by atomic mass is 9.82. The first-order valence-electron chi connectivity index (χ1n) is 6.56. The second kappa shape index (κ2) is 7.67. The van der Waals surface area contributed by atoms with Crippen LogP contribution in [0.4, 0.5) is 0 Å².